The zero-order valence-corrected chi connectivity index (χ0v) is 19.1. The number of aliphatic hydroxyl groups excluding tert-OH is 1. The van der Waals surface area contributed by atoms with Gasteiger partial charge in [-0.3, -0.25) is 0 Å². The van der Waals surface area contributed by atoms with Crippen molar-refractivity contribution in [1.29, 1.82) is 0 Å². The quantitative estimate of drug-likeness (QED) is 0.300. The first-order valence-corrected chi connectivity index (χ1v) is 10.6. The predicted molar refractivity (Wildman–Crippen MR) is 115 cm³/mol. The van der Waals surface area contributed by atoms with Crippen LogP contribution in [0.5, 0.6) is 11.5 Å². The van der Waals surface area contributed by atoms with Crippen LogP contribution in [0, 0.1) is 11.6 Å². The molecule has 0 saturated carbocycles. The second kappa shape index (κ2) is 10.4. The first-order chi connectivity index (χ1) is 16.2. The minimum absolute atomic E-state index is 0.0180. The number of nitrogens with zero attached hydrogens (tertiary/aromatic N) is 1. The number of benzene rings is 3. The summed E-state index contributed by atoms with van der Waals surface area (Å²) in [5.74, 6) is -2.03. The van der Waals surface area contributed by atoms with E-state index in [-0.39, 0.29) is 17.2 Å². The van der Waals surface area contributed by atoms with E-state index in [2.05, 4.69) is 15.9 Å². The highest BCUT2D eigenvalue weighted by molar-refractivity contribution is 9.10. The van der Waals surface area contributed by atoms with Crippen molar-refractivity contribution in [3.63, 3.8) is 0 Å². The molecule has 1 atom stereocenters. The molecule has 3 nitrogen and oxygen atoms in total. The molecule has 188 valence electrons. The van der Waals surface area contributed by atoms with Gasteiger partial charge in [-0.2, -0.15) is 26.3 Å². The van der Waals surface area contributed by atoms with Crippen LogP contribution in [0.4, 0.5) is 40.8 Å². The summed E-state index contributed by atoms with van der Waals surface area (Å²) in [6.45, 7) is -1.86. The lowest BCUT2D eigenvalue weighted by Gasteiger charge is -2.29. The van der Waals surface area contributed by atoms with Crippen molar-refractivity contribution in [2.45, 2.75) is 25.0 Å². The van der Waals surface area contributed by atoms with Gasteiger partial charge in [-0.05, 0) is 48.5 Å². The van der Waals surface area contributed by atoms with Gasteiger partial charge in [-0.25, -0.2) is 8.78 Å². The molecule has 0 spiro atoms. The normalized spacial score (nSPS) is 13.0. The summed E-state index contributed by atoms with van der Waals surface area (Å²) in [5, 5.41) is 9.59. The Morgan fingerprint density at radius 2 is 1.57 bits per heavy atom. The van der Waals surface area contributed by atoms with E-state index in [1.165, 1.54) is 36.4 Å². The van der Waals surface area contributed by atoms with Crippen LogP contribution in [0.2, 0.25) is 0 Å². The molecule has 3 aromatic rings. The average molecular weight is 570 g/mol. The van der Waals surface area contributed by atoms with E-state index in [9.17, 15) is 40.2 Å². The van der Waals surface area contributed by atoms with Gasteiger partial charge < -0.3 is 14.7 Å². The summed E-state index contributed by atoms with van der Waals surface area (Å²) >= 11 is 3.15. The van der Waals surface area contributed by atoms with Crippen LogP contribution in [0.15, 0.2) is 65.1 Å². The molecule has 0 radical (unpaired) electrons. The molecule has 0 aliphatic heterocycles. The standard InChI is InChI=1S/C23H16BrF8NO2/c24-15-5-7-19(26)20(9-15)35-17-3-1-2-16(10-17)33(12-21(34)23(30,31)32)11-13-8-14(22(27,28)29)4-6-18(13)25/h1-10,21,34H,11-12H2/t21-/m1/s1. The maximum Gasteiger partial charge on any atom is 0.416 e. The highest BCUT2D eigenvalue weighted by atomic mass is 79.9. The molecule has 0 amide bonds. The minimum Gasteiger partial charge on any atom is -0.454 e. The number of halogens is 9. The summed E-state index contributed by atoms with van der Waals surface area (Å²) in [5.41, 5.74) is -1.77. The van der Waals surface area contributed by atoms with Gasteiger partial charge in [0.2, 0.25) is 0 Å². The number of anilines is 1. The van der Waals surface area contributed by atoms with Crippen molar-refractivity contribution in [3.05, 3.63) is 87.9 Å². The van der Waals surface area contributed by atoms with E-state index in [0.29, 0.717) is 22.7 Å². The van der Waals surface area contributed by atoms with Gasteiger partial charge in [0.05, 0.1) is 12.1 Å². The van der Waals surface area contributed by atoms with Gasteiger partial charge in [0.15, 0.2) is 17.7 Å². The molecule has 0 bridgehead atoms. The summed E-state index contributed by atoms with van der Waals surface area (Å²) < 4.78 is 113. The Balaban J connectivity index is 1.98. The maximum atomic E-state index is 14.3. The highest BCUT2D eigenvalue weighted by Crippen LogP contribution is 2.33. The summed E-state index contributed by atoms with van der Waals surface area (Å²) in [7, 11) is 0. The summed E-state index contributed by atoms with van der Waals surface area (Å²) in [4.78, 5) is 0.848. The van der Waals surface area contributed by atoms with Crippen molar-refractivity contribution < 1.29 is 45.0 Å². The van der Waals surface area contributed by atoms with Crippen LogP contribution in [0.25, 0.3) is 0 Å². The number of aliphatic hydroxyl groups is 1. The van der Waals surface area contributed by atoms with E-state index in [4.69, 9.17) is 4.74 Å². The average Bonchev–Trinajstić information content (AvgIpc) is 2.76. The number of hydrogen-bond acceptors (Lipinski definition) is 3. The zero-order valence-electron chi connectivity index (χ0n) is 17.5. The van der Waals surface area contributed by atoms with E-state index in [1.807, 2.05) is 0 Å². The van der Waals surface area contributed by atoms with Gasteiger partial charge in [0.1, 0.15) is 11.6 Å². The second-order valence-electron chi connectivity index (χ2n) is 7.42. The molecule has 0 aliphatic rings. The molecule has 0 aromatic heterocycles. The van der Waals surface area contributed by atoms with Gasteiger partial charge in [-0.1, -0.05) is 22.0 Å². The Hall–Kier alpha value is -2.86. The predicted octanol–water partition coefficient (Wildman–Crippen LogP) is 7.47. The van der Waals surface area contributed by atoms with Crippen molar-refractivity contribution in [2.75, 3.05) is 11.4 Å². The molecule has 0 aliphatic carbocycles. The molecule has 12 heteroatoms. The SMILES string of the molecule is O[C@H](CN(Cc1cc(C(F)(F)F)ccc1F)c1cccc(Oc2cc(Br)ccc2F)c1)C(F)(F)F. The smallest absolute Gasteiger partial charge is 0.416 e. The topological polar surface area (TPSA) is 32.7 Å². The van der Waals surface area contributed by atoms with Crippen molar-refractivity contribution in [3.8, 4) is 11.5 Å². The number of ether oxygens (including phenoxy) is 1. The molecule has 0 fully saturated rings. The van der Waals surface area contributed by atoms with Crippen LogP contribution < -0.4 is 9.64 Å². The molecule has 3 rings (SSSR count). The van der Waals surface area contributed by atoms with Crippen LogP contribution in [0.1, 0.15) is 11.1 Å². The Labute approximate surface area is 202 Å². The minimum atomic E-state index is -5.04. The third-order valence-electron chi connectivity index (χ3n) is 4.81. The largest absolute Gasteiger partial charge is 0.454 e. The fraction of sp³-hybridized carbons (Fsp3) is 0.217. The fourth-order valence-corrected chi connectivity index (χ4v) is 3.42. The molecular weight excluding hydrogens is 554 g/mol. The van der Waals surface area contributed by atoms with Gasteiger partial charge in [0.25, 0.3) is 0 Å². The van der Waals surface area contributed by atoms with E-state index in [0.717, 1.165) is 11.0 Å². The molecular formula is C23H16BrF8NO2. The van der Waals surface area contributed by atoms with E-state index in [1.54, 1.807) is 0 Å². The fourth-order valence-electron chi connectivity index (χ4n) is 3.08. The number of rotatable bonds is 7. The van der Waals surface area contributed by atoms with Gasteiger partial charge in [-0.15, -0.1) is 0 Å². The first-order valence-electron chi connectivity index (χ1n) is 9.82. The third-order valence-corrected chi connectivity index (χ3v) is 5.30. The molecule has 0 heterocycles. The molecule has 3 aromatic carbocycles. The molecule has 1 N–H and O–H groups in total. The van der Waals surface area contributed by atoms with Crippen molar-refractivity contribution >= 4 is 21.6 Å². The van der Waals surface area contributed by atoms with Gasteiger partial charge >= 0.3 is 12.4 Å². The van der Waals surface area contributed by atoms with E-state index < -0.39 is 54.3 Å². The monoisotopic (exact) mass is 569 g/mol. The Morgan fingerprint density at radius 1 is 0.886 bits per heavy atom. The lowest BCUT2D eigenvalue weighted by Crippen LogP contribution is -2.41. The molecule has 35 heavy (non-hydrogen) atoms. The summed E-state index contributed by atoms with van der Waals surface area (Å²) in [6, 6.07) is 10.6. The van der Waals surface area contributed by atoms with Crippen LogP contribution in [-0.4, -0.2) is 23.9 Å². The Bertz CT molecular complexity index is 1180. The van der Waals surface area contributed by atoms with Crippen LogP contribution in [0.3, 0.4) is 0 Å². The Morgan fingerprint density at radius 3 is 2.23 bits per heavy atom. The second-order valence-corrected chi connectivity index (χ2v) is 8.33. The van der Waals surface area contributed by atoms with Crippen molar-refractivity contribution in [2.24, 2.45) is 0 Å². The van der Waals surface area contributed by atoms with Crippen molar-refractivity contribution in [1.82, 2.24) is 0 Å². The van der Waals surface area contributed by atoms with Gasteiger partial charge in [0, 0.05) is 28.3 Å². The third kappa shape index (κ3) is 7.07. The summed E-state index contributed by atoms with van der Waals surface area (Å²) in [6.07, 6.45) is -12.7. The number of alkyl halides is 6. The Kier molecular flexibility index (Phi) is 7.95. The van der Waals surface area contributed by atoms with E-state index >= 15 is 0 Å². The lowest BCUT2D eigenvalue weighted by molar-refractivity contribution is -0.200. The number of hydrogen-bond donors (Lipinski definition) is 1. The zero-order chi connectivity index (χ0) is 26.0. The first kappa shape index (κ1) is 26.7. The van der Waals surface area contributed by atoms with Crippen LogP contribution >= 0.6 is 15.9 Å². The van der Waals surface area contributed by atoms with Crippen LogP contribution in [-0.2, 0) is 12.7 Å². The maximum absolute atomic E-state index is 14.3. The highest BCUT2D eigenvalue weighted by Gasteiger charge is 2.39. The molecule has 0 unspecified atom stereocenters. The molecule has 0 saturated heterocycles. The lowest BCUT2D eigenvalue weighted by atomic mass is 10.1.